The van der Waals surface area contributed by atoms with Crippen molar-refractivity contribution in [2.45, 2.75) is 38.1 Å². The maximum absolute atomic E-state index is 4.64. The minimum absolute atomic E-state index is 0.561. The van der Waals surface area contributed by atoms with E-state index in [-0.39, 0.29) is 0 Å². The summed E-state index contributed by atoms with van der Waals surface area (Å²) >= 11 is 1.91. The van der Waals surface area contributed by atoms with Crippen LogP contribution in [0.1, 0.15) is 41.6 Å². The van der Waals surface area contributed by atoms with Gasteiger partial charge >= 0.3 is 0 Å². The number of aryl methyl sites for hydroxylation is 2. The smallest absolute Gasteiger partial charge is 0.107 e. The first-order valence-corrected chi connectivity index (χ1v) is 9.01. The number of imidazole rings is 1. The van der Waals surface area contributed by atoms with Crippen LogP contribution in [0.25, 0.3) is 11.0 Å². The van der Waals surface area contributed by atoms with Gasteiger partial charge in [0.05, 0.1) is 11.0 Å². The maximum atomic E-state index is 4.64. The number of benzene rings is 1. The first-order chi connectivity index (χ1) is 10.9. The van der Waals surface area contributed by atoms with Crippen molar-refractivity contribution in [3.63, 3.8) is 0 Å². The molecule has 3 nitrogen and oxygen atoms in total. The Morgan fingerprint density at radius 3 is 3.18 bits per heavy atom. The van der Waals surface area contributed by atoms with Crippen LogP contribution in [0.15, 0.2) is 35.7 Å². The number of nitrogens with one attached hydrogen (secondary N) is 2. The highest BCUT2D eigenvalue weighted by molar-refractivity contribution is 7.10. The van der Waals surface area contributed by atoms with E-state index >= 15 is 0 Å². The van der Waals surface area contributed by atoms with Gasteiger partial charge in [-0.3, -0.25) is 0 Å². The average molecular weight is 311 g/mol. The van der Waals surface area contributed by atoms with Gasteiger partial charge in [-0.1, -0.05) is 12.1 Å². The Morgan fingerprint density at radius 2 is 2.23 bits per heavy atom. The van der Waals surface area contributed by atoms with E-state index in [0.29, 0.717) is 6.04 Å². The monoisotopic (exact) mass is 311 g/mol. The van der Waals surface area contributed by atoms with Crippen LogP contribution in [-0.2, 0) is 12.8 Å². The lowest BCUT2D eigenvalue weighted by Crippen LogP contribution is -2.25. The fraction of sp³-hybridized carbons (Fsp3) is 0.389. The molecule has 0 saturated heterocycles. The predicted molar refractivity (Wildman–Crippen MR) is 92.4 cm³/mol. The van der Waals surface area contributed by atoms with Crippen LogP contribution in [0.3, 0.4) is 0 Å². The number of hydrogen-bond acceptors (Lipinski definition) is 3. The topological polar surface area (TPSA) is 40.7 Å². The molecule has 0 amide bonds. The highest BCUT2D eigenvalue weighted by atomic mass is 32.1. The molecule has 1 aliphatic rings. The molecule has 0 bridgehead atoms. The minimum atomic E-state index is 0.561. The quantitative estimate of drug-likeness (QED) is 0.693. The van der Waals surface area contributed by atoms with Gasteiger partial charge in [0.15, 0.2) is 0 Å². The summed E-state index contributed by atoms with van der Waals surface area (Å²) in [7, 11) is 0. The second kappa shape index (κ2) is 6.23. The molecule has 1 unspecified atom stereocenters. The van der Waals surface area contributed by atoms with Crippen LogP contribution in [0.5, 0.6) is 0 Å². The van der Waals surface area contributed by atoms with Crippen LogP contribution in [-0.4, -0.2) is 16.5 Å². The molecule has 2 heterocycles. The lowest BCUT2D eigenvalue weighted by atomic mass is 9.94. The Labute approximate surface area is 134 Å². The number of H-pyrrole nitrogens is 1. The van der Waals surface area contributed by atoms with Gasteiger partial charge in [0.25, 0.3) is 0 Å². The van der Waals surface area contributed by atoms with Crippen molar-refractivity contribution < 1.29 is 0 Å². The van der Waals surface area contributed by atoms with Crippen LogP contribution in [0, 0.1) is 0 Å². The average Bonchev–Trinajstić information content (AvgIpc) is 3.17. The molecule has 22 heavy (non-hydrogen) atoms. The van der Waals surface area contributed by atoms with Gasteiger partial charge in [0.1, 0.15) is 5.82 Å². The minimum Gasteiger partial charge on any atom is -0.342 e. The molecule has 1 aliphatic carbocycles. The zero-order valence-electron chi connectivity index (χ0n) is 12.6. The molecule has 0 radical (unpaired) electrons. The molecule has 0 fully saturated rings. The zero-order chi connectivity index (χ0) is 14.8. The third-order valence-electron chi connectivity index (χ3n) is 4.47. The molecule has 114 valence electrons. The van der Waals surface area contributed by atoms with Crippen molar-refractivity contribution in [3.05, 3.63) is 52.0 Å². The standard InChI is InChI=1S/C18H21N3S/c1-2-6-16-15(5-1)20-18(21-16)9-4-11-19-14-7-3-8-17-13(14)10-12-22-17/h1-2,5-6,10,12,14,19H,3-4,7-9,11H2,(H,20,21). The molecule has 4 heteroatoms. The molecule has 0 aliphatic heterocycles. The van der Waals surface area contributed by atoms with Gasteiger partial charge in [-0.15, -0.1) is 11.3 Å². The van der Waals surface area contributed by atoms with Crippen molar-refractivity contribution in [2.24, 2.45) is 0 Å². The molecular formula is C18H21N3S. The summed E-state index contributed by atoms with van der Waals surface area (Å²) in [5.74, 6) is 1.10. The van der Waals surface area contributed by atoms with Crippen molar-refractivity contribution in [1.29, 1.82) is 0 Å². The van der Waals surface area contributed by atoms with E-state index in [1.54, 1.807) is 10.4 Å². The number of aromatic nitrogens is 2. The predicted octanol–water partition coefficient (Wildman–Crippen LogP) is 4.22. The fourth-order valence-corrected chi connectivity index (χ4v) is 4.34. The van der Waals surface area contributed by atoms with Crippen LogP contribution >= 0.6 is 11.3 Å². The van der Waals surface area contributed by atoms with Gasteiger partial charge in [0, 0.05) is 17.3 Å². The number of rotatable bonds is 5. The van der Waals surface area contributed by atoms with Gasteiger partial charge in [-0.05, 0) is 61.4 Å². The van der Waals surface area contributed by atoms with Gasteiger partial charge in [-0.25, -0.2) is 4.98 Å². The first kappa shape index (κ1) is 14.0. The van der Waals surface area contributed by atoms with Crippen LogP contribution in [0.4, 0.5) is 0 Å². The summed E-state index contributed by atoms with van der Waals surface area (Å²) in [6.45, 7) is 1.05. The van der Waals surface area contributed by atoms with Crippen molar-refractivity contribution in [1.82, 2.24) is 15.3 Å². The molecule has 1 atom stereocenters. The number of fused-ring (bicyclic) bond motifs is 2. The Hall–Kier alpha value is -1.65. The first-order valence-electron chi connectivity index (χ1n) is 8.13. The van der Waals surface area contributed by atoms with E-state index < -0.39 is 0 Å². The third kappa shape index (κ3) is 2.81. The van der Waals surface area contributed by atoms with Crippen molar-refractivity contribution >= 4 is 22.4 Å². The Bertz CT molecular complexity index is 725. The van der Waals surface area contributed by atoms with E-state index in [2.05, 4.69) is 38.9 Å². The second-order valence-electron chi connectivity index (χ2n) is 6.00. The Kier molecular flexibility index (Phi) is 3.95. The molecule has 0 spiro atoms. The summed E-state index contributed by atoms with van der Waals surface area (Å²) < 4.78 is 0. The van der Waals surface area contributed by atoms with Crippen LogP contribution < -0.4 is 5.32 Å². The summed E-state index contributed by atoms with van der Waals surface area (Å²) in [5.41, 5.74) is 3.75. The van der Waals surface area contributed by atoms with E-state index in [1.165, 1.54) is 19.3 Å². The van der Waals surface area contributed by atoms with Gasteiger partial charge in [-0.2, -0.15) is 0 Å². The zero-order valence-corrected chi connectivity index (χ0v) is 13.5. The van der Waals surface area contributed by atoms with E-state index in [0.717, 1.165) is 36.2 Å². The SMILES string of the molecule is c1ccc2[nH]c(CCCNC3CCCc4sccc43)nc2c1. The molecule has 2 aromatic heterocycles. The number of aromatic amines is 1. The largest absolute Gasteiger partial charge is 0.342 e. The molecule has 4 rings (SSSR count). The second-order valence-corrected chi connectivity index (χ2v) is 7.00. The van der Waals surface area contributed by atoms with Crippen LogP contribution in [0.2, 0.25) is 0 Å². The van der Waals surface area contributed by atoms with E-state index in [4.69, 9.17) is 0 Å². The lowest BCUT2D eigenvalue weighted by molar-refractivity contribution is 0.459. The van der Waals surface area contributed by atoms with Crippen molar-refractivity contribution in [2.75, 3.05) is 6.54 Å². The van der Waals surface area contributed by atoms with Gasteiger partial charge < -0.3 is 10.3 Å². The number of thiophene rings is 1. The Morgan fingerprint density at radius 1 is 1.27 bits per heavy atom. The molecule has 3 aromatic rings. The summed E-state index contributed by atoms with van der Waals surface area (Å²) in [5, 5.41) is 5.97. The molecule has 0 saturated carbocycles. The third-order valence-corrected chi connectivity index (χ3v) is 5.47. The Balaban J connectivity index is 1.31. The highest BCUT2D eigenvalue weighted by Gasteiger charge is 2.20. The summed E-state index contributed by atoms with van der Waals surface area (Å²) in [6.07, 6.45) is 5.98. The molecule has 2 N–H and O–H groups in total. The number of nitrogens with zero attached hydrogens (tertiary/aromatic N) is 1. The molecular weight excluding hydrogens is 290 g/mol. The fourth-order valence-electron chi connectivity index (χ4n) is 3.35. The normalized spacial score (nSPS) is 17.7. The highest BCUT2D eigenvalue weighted by Crippen LogP contribution is 2.33. The number of hydrogen-bond donors (Lipinski definition) is 2. The van der Waals surface area contributed by atoms with Crippen molar-refractivity contribution in [3.8, 4) is 0 Å². The lowest BCUT2D eigenvalue weighted by Gasteiger charge is -2.23. The number of para-hydroxylation sites is 2. The summed E-state index contributed by atoms with van der Waals surface area (Å²) in [4.78, 5) is 9.64. The molecule has 1 aromatic carbocycles. The van der Waals surface area contributed by atoms with E-state index in [1.807, 2.05) is 23.5 Å². The summed E-state index contributed by atoms with van der Waals surface area (Å²) in [6, 6.07) is 11.1. The van der Waals surface area contributed by atoms with E-state index in [9.17, 15) is 0 Å². The maximum Gasteiger partial charge on any atom is 0.107 e. The van der Waals surface area contributed by atoms with Gasteiger partial charge in [0.2, 0.25) is 0 Å².